The molecule has 11 nitrogen and oxygen atoms in total. The molecule has 4 aliphatic rings. The van der Waals surface area contributed by atoms with Gasteiger partial charge in [0.1, 0.15) is 17.3 Å². The van der Waals surface area contributed by atoms with Gasteiger partial charge >= 0.3 is 0 Å². The van der Waals surface area contributed by atoms with E-state index in [1.165, 1.54) is 0 Å². The summed E-state index contributed by atoms with van der Waals surface area (Å²) in [4.78, 5) is 37.1. The van der Waals surface area contributed by atoms with Crippen molar-refractivity contribution in [3.63, 3.8) is 0 Å². The molecule has 1 aliphatic carbocycles. The van der Waals surface area contributed by atoms with Crippen LogP contribution >= 0.6 is 0 Å². The van der Waals surface area contributed by atoms with Gasteiger partial charge in [-0.05, 0) is 18.3 Å². The van der Waals surface area contributed by atoms with Crippen LogP contribution in [0.3, 0.4) is 0 Å². The minimum Gasteiger partial charge on any atom is -0.381 e. The molecule has 2 aromatic rings. The number of rotatable bonds is 4. The normalized spacial score (nSPS) is 35.7. The van der Waals surface area contributed by atoms with Gasteiger partial charge < -0.3 is 21.3 Å². The quantitative estimate of drug-likeness (QED) is 0.495. The van der Waals surface area contributed by atoms with Crippen LogP contribution < -0.4 is 16.4 Å². The van der Waals surface area contributed by atoms with Crippen LogP contribution in [0, 0.1) is 17.7 Å². The van der Waals surface area contributed by atoms with Crippen molar-refractivity contribution in [2.24, 2.45) is 11.8 Å². The number of carbonyl (C=O) groups is 2. The number of alkyl halides is 1. The first kappa shape index (κ1) is 26.3. The lowest BCUT2D eigenvalue weighted by Gasteiger charge is -2.61. The Hall–Kier alpha value is -2.90. The Kier molecular flexibility index (Phi) is 6.31. The fourth-order valence-corrected chi connectivity index (χ4v) is 8.13. The number of likely N-dealkylation sites (N-methyl/N-ethyl adjacent to an activating group) is 1. The van der Waals surface area contributed by atoms with Gasteiger partial charge in [0, 0.05) is 52.9 Å². The number of fused-ring (bicyclic) bond motifs is 3. The summed E-state index contributed by atoms with van der Waals surface area (Å²) in [6.07, 6.45) is 3.46. The highest BCUT2D eigenvalue weighted by Gasteiger charge is 2.71. The molecule has 0 radical (unpaired) electrons. The van der Waals surface area contributed by atoms with Crippen LogP contribution in [0.2, 0.25) is 0 Å². The zero-order valence-corrected chi connectivity index (χ0v) is 22.7. The van der Waals surface area contributed by atoms with Crippen LogP contribution in [0.25, 0.3) is 5.65 Å². The van der Waals surface area contributed by atoms with E-state index in [0.717, 1.165) is 23.5 Å². The summed E-state index contributed by atoms with van der Waals surface area (Å²) in [7, 11) is 1.82. The maximum Gasteiger partial charge on any atom is 0.259 e. The first-order chi connectivity index (χ1) is 18.6. The topological polar surface area (TPSA) is 124 Å². The Morgan fingerprint density at radius 3 is 2.85 bits per heavy atom. The third-order valence-electron chi connectivity index (χ3n) is 9.86. The highest BCUT2D eigenvalue weighted by atomic mass is 19.1. The number of aromatic nitrogens is 3. The van der Waals surface area contributed by atoms with Crippen LogP contribution in [-0.4, -0.2) is 117 Å². The molecule has 39 heavy (non-hydrogen) atoms. The van der Waals surface area contributed by atoms with Crippen molar-refractivity contribution in [1.29, 1.82) is 0 Å². The van der Waals surface area contributed by atoms with Crippen LogP contribution in [0.15, 0.2) is 12.4 Å². The van der Waals surface area contributed by atoms with Gasteiger partial charge in [-0.25, -0.2) is 18.3 Å². The second kappa shape index (κ2) is 9.34. The van der Waals surface area contributed by atoms with Crippen molar-refractivity contribution < 1.29 is 18.4 Å². The van der Waals surface area contributed by atoms with Gasteiger partial charge in [-0.1, -0.05) is 20.3 Å². The predicted molar refractivity (Wildman–Crippen MR) is 140 cm³/mol. The molecule has 6 rings (SSSR count). The summed E-state index contributed by atoms with van der Waals surface area (Å²) >= 11 is 0. The number of nitrogens with one attached hydrogen (secondary N) is 2. The summed E-state index contributed by atoms with van der Waals surface area (Å²) in [5.41, 5.74) is 3.59. The first-order valence-electron chi connectivity index (χ1n) is 13.9. The molecule has 0 bridgehead atoms. The zero-order chi connectivity index (χ0) is 27.7. The number of nitrogens with two attached hydrogens (primary N) is 1. The van der Waals surface area contributed by atoms with E-state index < -0.39 is 29.0 Å². The van der Waals surface area contributed by atoms with Gasteiger partial charge in [-0.15, -0.1) is 5.10 Å². The second-order valence-electron chi connectivity index (χ2n) is 11.6. The number of hydrogen-bond acceptors (Lipinski definition) is 8. The van der Waals surface area contributed by atoms with Gasteiger partial charge in [0.05, 0.1) is 24.0 Å². The van der Waals surface area contributed by atoms with E-state index in [4.69, 9.17) is 5.73 Å². The minimum absolute atomic E-state index is 0.0341. The fraction of sp³-hybridized carbons (Fsp3) is 0.692. The van der Waals surface area contributed by atoms with E-state index in [2.05, 4.69) is 37.4 Å². The van der Waals surface area contributed by atoms with Crippen molar-refractivity contribution >= 4 is 23.3 Å². The number of carbonyl (C=O) groups excluding carboxylic acids is 2. The summed E-state index contributed by atoms with van der Waals surface area (Å²) in [5.74, 6) is -1.45. The summed E-state index contributed by atoms with van der Waals surface area (Å²) < 4.78 is 32.5. The van der Waals surface area contributed by atoms with Crippen molar-refractivity contribution in [3.05, 3.63) is 23.8 Å². The zero-order valence-electron chi connectivity index (χ0n) is 22.7. The van der Waals surface area contributed by atoms with Gasteiger partial charge in [0.15, 0.2) is 17.3 Å². The molecule has 212 valence electrons. The maximum atomic E-state index is 17.7. The van der Waals surface area contributed by atoms with E-state index in [0.29, 0.717) is 45.6 Å². The Balaban J connectivity index is 1.40. The van der Waals surface area contributed by atoms with E-state index in [-0.39, 0.29) is 47.4 Å². The number of nitrogen functional groups attached to an aromatic ring is 1. The average Bonchev–Trinajstić information content (AvgIpc) is 3.36. The molecule has 2 aromatic heterocycles. The Morgan fingerprint density at radius 2 is 2.08 bits per heavy atom. The molecular formula is C26H37F2N9O2. The van der Waals surface area contributed by atoms with E-state index in [1.807, 2.05) is 14.0 Å². The molecule has 3 aliphatic heterocycles. The van der Waals surface area contributed by atoms with Gasteiger partial charge in [0.2, 0.25) is 5.91 Å². The monoisotopic (exact) mass is 545 g/mol. The van der Waals surface area contributed by atoms with Crippen LogP contribution in [0.5, 0.6) is 0 Å². The number of piperazine rings is 2. The molecule has 4 fully saturated rings. The molecule has 6 atom stereocenters. The van der Waals surface area contributed by atoms with Crippen molar-refractivity contribution in [2.45, 2.75) is 50.0 Å². The Bertz CT molecular complexity index is 1310. The summed E-state index contributed by atoms with van der Waals surface area (Å²) in [5, 5.41) is 10.4. The number of hydrogen-bond donors (Lipinski definition) is 3. The lowest BCUT2D eigenvalue weighted by molar-refractivity contribution is -0.157. The molecule has 5 unspecified atom stereocenters. The average molecular weight is 546 g/mol. The van der Waals surface area contributed by atoms with Crippen molar-refractivity contribution in [1.82, 2.24) is 39.9 Å². The van der Waals surface area contributed by atoms with Crippen molar-refractivity contribution in [3.8, 4) is 0 Å². The number of nitrogens with zero attached hydrogens (tertiary/aromatic N) is 6. The van der Waals surface area contributed by atoms with Crippen LogP contribution in [0.4, 0.5) is 14.6 Å². The van der Waals surface area contributed by atoms with E-state index in [9.17, 15) is 14.0 Å². The predicted octanol–water partition coefficient (Wildman–Crippen LogP) is 0.124. The number of halogens is 2. The first-order valence-corrected chi connectivity index (χ1v) is 13.9. The molecule has 4 N–H and O–H groups in total. The maximum absolute atomic E-state index is 17.7. The third-order valence-corrected chi connectivity index (χ3v) is 9.86. The lowest BCUT2D eigenvalue weighted by atomic mass is 9.67. The molecule has 0 aromatic carbocycles. The minimum atomic E-state index is -1.63. The number of amides is 2. The molecule has 0 spiro atoms. The smallest absolute Gasteiger partial charge is 0.259 e. The molecular weight excluding hydrogens is 508 g/mol. The number of piperidine rings is 1. The standard InChI is InChI=1S/C26H37F2N9O2/c1-4-16-9-15(2)26(36-8-7-35-6-5-34(3)24(39)18(35)13-36)19(11-30-14-25(16,26)28)32-23(38)20-21(29)33-37-12-17(27)10-31-22(20)37/h10,12,15-16,18-19,30H,4-9,11,13-14H2,1-3H3,(H2,29,33)(H,32,38)/t15?,16-,18?,19?,25?,26?/m1/s1. The molecule has 13 heteroatoms. The van der Waals surface area contributed by atoms with Gasteiger partial charge in [-0.3, -0.25) is 19.4 Å². The summed E-state index contributed by atoms with van der Waals surface area (Å²) in [6.45, 7) is 7.78. The Labute approximate surface area is 226 Å². The fourth-order valence-electron chi connectivity index (χ4n) is 8.13. The second-order valence-corrected chi connectivity index (χ2v) is 11.6. The van der Waals surface area contributed by atoms with Gasteiger partial charge in [-0.2, -0.15) is 0 Å². The third kappa shape index (κ3) is 3.69. The molecule has 3 saturated heterocycles. The number of anilines is 1. The van der Waals surface area contributed by atoms with E-state index in [1.54, 1.807) is 4.90 Å². The van der Waals surface area contributed by atoms with Crippen molar-refractivity contribution in [2.75, 3.05) is 58.6 Å². The molecule has 2 amide bonds. The molecule has 5 heterocycles. The van der Waals surface area contributed by atoms with E-state index >= 15 is 4.39 Å². The lowest BCUT2D eigenvalue weighted by Crippen LogP contribution is -2.82. The van der Waals surface area contributed by atoms with Gasteiger partial charge in [0.25, 0.3) is 5.91 Å². The largest absolute Gasteiger partial charge is 0.381 e. The SMILES string of the molecule is CC[C@@H]1CC(C)C2(N3CCN4CCN(C)C(=O)C4C3)C(NC(=O)c3c(N)nn4cc(F)cnc34)CNCC12F. The summed E-state index contributed by atoms with van der Waals surface area (Å²) in [6, 6.07) is -0.960. The Morgan fingerprint density at radius 1 is 1.31 bits per heavy atom. The van der Waals surface area contributed by atoms with Crippen LogP contribution in [0.1, 0.15) is 37.0 Å². The van der Waals surface area contributed by atoms with Crippen LogP contribution in [-0.2, 0) is 4.79 Å². The highest BCUT2D eigenvalue weighted by Crippen LogP contribution is 2.57. The highest BCUT2D eigenvalue weighted by molar-refractivity contribution is 6.04. The molecule has 1 saturated carbocycles.